The summed E-state index contributed by atoms with van der Waals surface area (Å²) in [5.41, 5.74) is 0. The van der Waals surface area contributed by atoms with Gasteiger partial charge in [0, 0.05) is 25.7 Å². The molecule has 600 valence electrons. The topological polar surface area (TPSA) is 237 Å². The van der Waals surface area contributed by atoms with Crippen LogP contribution in [0.3, 0.4) is 0 Å². The van der Waals surface area contributed by atoms with Crippen LogP contribution in [0.25, 0.3) is 0 Å². The molecule has 0 aliphatic carbocycles. The third-order valence-corrected chi connectivity index (χ3v) is 21.8. The van der Waals surface area contributed by atoms with Crippen molar-refractivity contribution >= 4 is 39.5 Å². The SMILES string of the molecule is CCCCCCCCCCCCCCC(=O)OC[C@H](COP(=O)(O)OC[C@H](O)COP(=O)(O)OC[C@@H](COC(=O)CCCCCCCCCCCCC(C)CC)OC(=O)CCCCCCCCCCCCCCCCCCCCC(C)C)OC(=O)CCCCCCCCCCCCC(C)CC. The summed E-state index contributed by atoms with van der Waals surface area (Å²) in [5, 5.41) is 10.7. The molecule has 0 aliphatic heterocycles. The first-order valence-electron chi connectivity index (χ1n) is 42.4. The number of hydrogen-bond acceptors (Lipinski definition) is 15. The van der Waals surface area contributed by atoms with E-state index in [1.54, 1.807) is 0 Å². The van der Waals surface area contributed by atoms with Crippen LogP contribution in [0.2, 0.25) is 0 Å². The molecule has 0 bridgehead atoms. The molecule has 0 heterocycles. The minimum atomic E-state index is -4.96. The average molecular weight is 1480 g/mol. The zero-order valence-corrected chi connectivity index (χ0v) is 68.2. The highest BCUT2D eigenvalue weighted by atomic mass is 31.2. The lowest BCUT2D eigenvalue weighted by atomic mass is 9.99. The van der Waals surface area contributed by atoms with Crippen LogP contribution in [0.4, 0.5) is 0 Å². The van der Waals surface area contributed by atoms with E-state index in [0.717, 1.165) is 108 Å². The van der Waals surface area contributed by atoms with E-state index in [2.05, 4.69) is 48.5 Å². The van der Waals surface area contributed by atoms with Crippen LogP contribution < -0.4 is 0 Å². The van der Waals surface area contributed by atoms with E-state index in [4.69, 9.17) is 37.0 Å². The molecule has 0 saturated carbocycles. The fourth-order valence-electron chi connectivity index (χ4n) is 12.6. The Hall–Kier alpha value is -1.94. The molecule has 3 N–H and O–H groups in total. The van der Waals surface area contributed by atoms with Crippen molar-refractivity contribution in [2.45, 2.75) is 446 Å². The number of aliphatic hydroxyl groups is 1. The summed E-state index contributed by atoms with van der Waals surface area (Å²) in [6.45, 7) is 12.0. The Morgan fingerprint density at radius 3 is 0.752 bits per heavy atom. The first-order chi connectivity index (χ1) is 48.8. The van der Waals surface area contributed by atoms with E-state index in [1.165, 1.54) is 238 Å². The number of hydrogen-bond donors (Lipinski definition) is 3. The summed E-state index contributed by atoms with van der Waals surface area (Å²) >= 11 is 0. The van der Waals surface area contributed by atoms with E-state index in [0.29, 0.717) is 25.7 Å². The van der Waals surface area contributed by atoms with Crippen molar-refractivity contribution in [3.05, 3.63) is 0 Å². The largest absolute Gasteiger partial charge is 0.472 e. The summed E-state index contributed by atoms with van der Waals surface area (Å²) in [7, 11) is -9.92. The lowest BCUT2D eigenvalue weighted by Gasteiger charge is -2.21. The van der Waals surface area contributed by atoms with Gasteiger partial charge in [-0.3, -0.25) is 37.3 Å². The van der Waals surface area contributed by atoms with Gasteiger partial charge in [0.05, 0.1) is 26.4 Å². The predicted octanol–water partition coefficient (Wildman–Crippen LogP) is 24.5. The molecule has 0 fully saturated rings. The minimum Gasteiger partial charge on any atom is -0.462 e. The van der Waals surface area contributed by atoms with Gasteiger partial charge in [-0.25, -0.2) is 9.13 Å². The third kappa shape index (κ3) is 73.4. The summed E-state index contributed by atoms with van der Waals surface area (Å²) in [4.78, 5) is 73.1. The van der Waals surface area contributed by atoms with E-state index >= 15 is 0 Å². The van der Waals surface area contributed by atoms with Crippen molar-refractivity contribution in [2.75, 3.05) is 39.6 Å². The maximum absolute atomic E-state index is 13.1. The number of carbonyl (C=O) groups excluding carboxylic acids is 4. The molecule has 0 spiro atoms. The standard InChI is InChI=1S/C82H160O17P2/c1-8-11-12-13-14-15-16-26-35-42-49-56-63-79(84)92-69-78(99-82(87)66-59-52-45-38-31-29-34-41-48-55-62-75(7)10-3)72-97-101(90,91)95-68-76(83)67-94-100(88,89)96-71-77(70-93-80(85)64-57-50-43-36-30-28-33-40-47-54-61-74(6)9-2)98-81(86)65-58-51-44-37-27-24-22-20-18-17-19-21-23-25-32-39-46-53-60-73(4)5/h73-78,83H,8-72H2,1-7H3,(H,88,89)(H,90,91)/t74?,75?,76-,77-,78-/m1/s1. The second-order valence-corrected chi connectivity index (χ2v) is 33.4. The first-order valence-corrected chi connectivity index (χ1v) is 45.4. The average Bonchev–Trinajstić information content (AvgIpc) is 1.16. The summed E-state index contributed by atoms with van der Waals surface area (Å²) in [6.07, 6.45) is 60.8. The van der Waals surface area contributed by atoms with Crippen LogP contribution in [0.15, 0.2) is 0 Å². The monoisotopic (exact) mass is 1480 g/mol. The van der Waals surface area contributed by atoms with Crippen molar-refractivity contribution in [1.29, 1.82) is 0 Å². The Morgan fingerprint density at radius 2 is 0.505 bits per heavy atom. The van der Waals surface area contributed by atoms with Gasteiger partial charge in [0.25, 0.3) is 0 Å². The molecule has 17 nitrogen and oxygen atoms in total. The Balaban J connectivity index is 5.25. The second kappa shape index (κ2) is 72.3. The smallest absolute Gasteiger partial charge is 0.462 e. The van der Waals surface area contributed by atoms with E-state index in [9.17, 15) is 43.2 Å². The lowest BCUT2D eigenvalue weighted by molar-refractivity contribution is -0.161. The number of rotatable bonds is 80. The van der Waals surface area contributed by atoms with Crippen LogP contribution in [0, 0.1) is 17.8 Å². The molecule has 0 radical (unpaired) electrons. The fraction of sp³-hybridized carbons (Fsp3) is 0.951. The number of esters is 4. The molecule has 101 heavy (non-hydrogen) atoms. The fourth-order valence-corrected chi connectivity index (χ4v) is 14.2. The van der Waals surface area contributed by atoms with Crippen molar-refractivity contribution < 1.29 is 80.2 Å². The van der Waals surface area contributed by atoms with Crippen molar-refractivity contribution in [1.82, 2.24) is 0 Å². The van der Waals surface area contributed by atoms with Gasteiger partial charge in [-0.2, -0.15) is 0 Å². The molecule has 19 heteroatoms. The molecule has 4 unspecified atom stereocenters. The van der Waals surface area contributed by atoms with Crippen LogP contribution in [0.1, 0.15) is 427 Å². The molecule has 7 atom stereocenters. The molecule has 0 aromatic heterocycles. The highest BCUT2D eigenvalue weighted by Crippen LogP contribution is 2.45. The van der Waals surface area contributed by atoms with Gasteiger partial charge in [0.15, 0.2) is 12.2 Å². The number of aliphatic hydroxyl groups excluding tert-OH is 1. The molecule has 0 aromatic carbocycles. The normalized spacial score (nSPS) is 14.5. The molecule has 0 aliphatic rings. The minimum absolute atomic E-state index is 0.107. The number of unbranched alkanes of at least 4 members (excludes halogenated alkanes) is 46. The van der Waals surface area contributed by atoms with Gasteiger partial charge < -0.3 is 33.8 Å². The molecule has 0 saturated heterocycles. The van der Waals surface area contributed by atoms with Crippen molar-refractivity contribution in [3.63, 3.8) is 0 Å². The number of ether oxygens (including phenoxy) is 4. The van der Waals surface area contributed by atoms with Gasteiger partial charge in [-0.1, -0.05) is 376 Å². The van der Waals surface area contributed by atoms with E-state index in [1.807, 2.05) is 0 Å². The maximum atomic E-state index is 13.1. The maximum Gasteiger partial charge on any atom is 0.472 e. The second-order valence-electron chi connectivity index (χ2n) is 30.5. The first kappa shape index (κ1) is 99.1. The Kier molecular flexibility index (Phi) is 70.9. The summed E-state index contributed by atoms with van der Waals surface area (Å²) in [6, 6.07) is 0. The van der Waals surface area contributed by atoms with Crippen LogP contribution >= 0.6 is 15.6 Å². The van der Waals surface area contributed by atoms with E-state index in [-0.39, 0.29) is 25.7 Å². The molecule has 0 rings (SSSR count). The Bertz CT molecular complexity index is 1960. The zero-order chi connectivity index (χ0) is 74.4. The molecular formula is C82H160O17P2. The lowest BCUT2D eigenvalue weighted by Crippen LogP contribution is -2.30. The van der Waals surface area contributed by atoms with Gasteiger partial charge >= 0.3 is 39.5 Å². The summed E-state index contributed by atoms with van der Waals surface area (Å²) in [5.74, 6) is 0.324. The molecule has 0 amide bonds. The number of carbonyl (C=O) groups is 4. The van der Waals surface area contributed by atoms with Crippen LogP contribution in [0.5, 0.6) is 0 Å². The van der Waals surface area contributed by atoms with Crippen LogP contribution in [-0.4, -0.2) is 96.7 Å². The van der Waals surface area contributed by atoms with Crippen molar-refractivity contribution in [2.24, 2.45) is 17.8 Å². The quantitative estimate of drug-likeness (QED) is 0.0222. The Labute approximate surface area is 619 Å². The van der Waals surface area contributed by atoms with Gasteiger partial charge in [-0.15, -0.1) is 0 Å². The van der Waals surface area contributed by atoms with Gasteiger partial charge in [-0.05, 0) is 43.4 Å². The van der Waals surface area contributed by atoms with Gasteiger partial charge in [0.2, 0.25) is 0 Å². The highest BCUT2D eigenvalue weighted by molar-refractivity contribution is 7.47. The third-order valence-electron chi connectivity index (χ3n) is 19.9. The Morgan fingerprint density at radius 1 is 0.287 bits per heavy atom. The highest BCUT2D eigenvalue weighted by Gasteiger charge is 2.30. The van der Waals surface area contributed by atoms with E-state index < -0.39 is 97.5 Å². The summed E-state index contributed by atoms with van der Waals surface area (Å²) < 4.78 is 68.8. The van der Waals surface area contributed by atoms with Crippen LogP contribution in [-0.2, 0) is 65.4 Å². The van der Waals surface area contributed by atoms with Gasteiger partial charge in [0.1, 0.15) is 19.3 Å². The number of phosphoric acid groups is 2. The predicted molar refractivity (Wildman–Crippen MR) is 414 cm³/mol. The number of phosphoric ester groups is 2. The molecule has 0 aromatic rings. The van der Waals surface area contributed by atoms with Crippen molar-refractivity contribution in [3.8, 4) is 0 Å². The molecular weight excluding hydrogens is 1320 g/mol. The zero-order valence-electron chi connectivity index (χ0n) is 66.4.